The molecule has 2 N–H and O–H groups in total. The van der Waals surface area contributed by atoms with Crippen LogP contribution >= 0.6 is 27.5 Å². The third kappa shape index (κ3) is 6.43. The molecule has 0 fully saturated rings. The summed E-state index contributed by atoms with van der Waals surface area (Å²) in [5, 5.41) is 20.7. The van der Waals surface area contributed by atoms with Gasteiger partial charge in [0, 0.05) is 28.5 Å². The molecule has 1 aromatic heterocycles. The van der Waals surface area contributed by atoms with Gasteiger partial charge < -0.3 is 19.8 Å². The van der Waals surface area contributed by atoms with E-state index in [4.69, 9.17) is 16.3 Å². The molecule has 3 aromatic rings. The molecule has 0 atom stereocenters. The highest BCUT2D eigenvalue weighted by Gasteiger charge is 2.27. The van der Waals surface area contributed by atoms with E-state index in [-0.39, 0.29) is 49.5 Å². The quantitative estimate of drug-likeness (QED) is 0.416. The maximum Gasteiger partial charge on any atom is 0.276 e. The van der Waals surface area contributed by atoms with E-state index in [9.17, 15) is 15.0 Å². The molecular formula is C24H25BrClN3O4. The minimum Gasteiger partial charge on any atom is -0.491 e. The zero-order valence-electron chi connectivity index (χ0n) is 18.3. The fourth-order valence-corrected chi connectivity index (χ4v) is 4.07. The maximum absolute atomic E-state index is 13.4. The molecule has 7 nitrogen and oxygen atoms in total. The number of carbonyl (C=O) groups excluding carboxylic acids is 1. The molecule has 0 aliphatic heterocycles. The molecule has 0 spiro atoms. The van der Waals surface area contributed by atoms with Crippen LogP contribution in [0.15, 0.2) is 53.0 Å². The van der Waals surface area contributed by atoms with Crippen LogP contribution < -0.4 is 4.74 Å². The van der Waals surface area contributed by atoms with Crippen LogP contribution in [0.5, 0.6) is 11.6 Å². The van der Waals surface area contributed by atoms with Crippen LogP contribution in [-0.4, -0.2) is 50.2 Å². The van der Waals surface area contributed by atoms with Crippen LogP contribution in [0, 0.1) is 0 Å². The molecule has 2 aromatic carbocycles. The van der Waals surface area contributed by atoms with Gasteiger partial charge in [0.1, 0.15) is 12.4 Å². The van der Waals surface area contributed by atoms with Crippen LogP contribution in [0.1, 0.15) is 41.3 Å². The van der Waals surface area contributed by atoms with Crippen molar-refractivity contribution < 1.29 is 19.7 Å². The van der Waals surface area contributed by atoms with Crippen LogP contribution in [0.3, 0.4) is 0 Å². The number of carbonyl (C=O) groups is 1. The van der Waals surface area contributed by atoms with E-state index in [0.29, 0.717) is 5.02 Å². The van der Waals surface area contributed by atoms with E-state index in [0.717, 1.165) is 15.6 Å². The molecule has 1 heterocycles. The van der Waals surface area contributed by atoms with Gasteiger partial charge in [-0.05, 0) is 37.1 Å². The number of hydrogen-bond acceptors (Lipinski definition) is 6. The van der Waals surface area contributed by atoms with Gasteiger partial charge in [-0.25, -0.2) is 4.98 Å². The molecule has 0 saturated carbocycles. The Morgan fingerprint density at radius 2 is 1.91 bits per heavy atom. The molecule has 0 bridgehead atoms. The second-order valence-corrected chi connectivity index (χ2v) is 8.93. The maximum atomic E-state index is 13.4. The number of amides is 1. The average molecular weight is 535 g/mol. The SMILES string of the molecule is CC(C)N(CCO)C(=O)c1nc(Cc2ccc(Cl)cc2Br)nc(O)c1OCc1ccccc1. The molecule has 0 aliphatic rings. The Hall–Kier alpha value is -2.68. The second-order valence-electron chi connectivity index (χ2n) is 7.64. The number of benzene rings is 2. The lowest BCUT2D eigenvalue weighted by atomic mass is 10.1. The number of aliphatic hydroxyl groups is 1. The Balaban J connectivity index is 2.00. The number of hydrogen-bond donors (Lipinski definition) is 2. The van der Waals surface area contributed by atoms with E-state index < -0.39 is 11.8 Å². The van der Waals surface area contributed by atoms with Gasteiger partial charge in [-0.1, -0.05) is 63.9 Å². The number of halogens is 2. The van der Waals surface area contributed by atoms with Crippen LogP contribution in [0.2, 0.25) is 5.02 Å². The highest BCUT2D eigenvalue weighted by atomic mass is 79.9. The molecule has 174 valence electrons. The van der Waals surface area contributed by atoms with E-state index >= 15 is 0 Å². The van der Waals surface area contributed by atoms with Crippen LogP contribution in [0.25, 0.3) is 0 Å². The molecule has 3 rings (SSSR count). The Bertz CT molecular complexity index is 1110. The predicted molar refractivity (Wildman–Crippen MR) is 130 cm³/mol. The van der Waals surface area contributed by atoms with Gasteiger partial charge in [0.15, 0.2) is 5.69 Å². The molecule has 1 amide bonds. The second kappa shape index (κ2) is 11.4. The zero-order valence-corrected chi connectivity index (χ0v) is 20.7. The predicted octanol–water partition coefficient (Wildman–Crippen LogP) is 4.61. The van der Waals surface area contributed by atoms with Crippen LogP contribution in [0.4, 0.5) is 0 Å². The summed E-state index contributed by atoms with van der Waals surface area (Å²) in [6.07, 6.45) is 0.256. The van der Waals surface area contributed by atoms with E-state index in [1.807, 2.05) is 50.2 Å². The zero-order chi connectivity index (χ0) is 24.0. The van der Waals surface area contributed by atoms with Crippen molar-refractivity contribution in [2.24, 2.45) is 0 Å². The average Bonchev–Trinajstić information content (AvgIpc) is 2.78. The first-order chi connectivity index (χ1) is 15.8. The topological polar surface area (TPSA) is 95.8 Å². The smallest absolute Gasteiger partial charge is 0.276 e. The number of aromatic hydroxyl groups is 1. The van der Waals surface area contributed by atoms with Crippen molar-refractivity contribution >= 4 is 33.4 Å². The first-order valence-corrected chi connectivity index (χ1v) is 11.6. The summed E-state index contributed by atoms with van der Waals surface area (Å²) in [5.74, 6) is -0.724. The van der Waals surface area contributed by atoms with Crippen molar-refractivity contribution in [2.75, 3.05) is 13.2 Å². The standard InChI is InChI=1S/C24H25BrClN3O4/c1-15(2)29(10-11-30)24(32)21-22(33-14-16-6-4-3-5-7-16)23(31)28-20(27-21)12-17-8-9-18(26)13-19(17)25/h3-9,13,15,30H,10-12,14H2,1-2H3,(H,27,28,31). The molecule has 0 radical (unpaired) electrons. The van der Waals surface area contributed by atoms with Gasteiger partial charge in [-0.3, -0.25) is 4.79 Å². The largest absolute Gasteiger partial charge is 0.491 e. The number of nitrogens with zero attached hydrogens (tertiary/aromatic N) is 3. The Labute approximate surface area is 206 Å². The highest BCUT2D eigenvalue weighted by Crippen LogP contribution is 2.31. The Kier molecular flexibility index (Phi) is 8.66. The molecule has 0 unspecified atom stereocenters. The van der Waals surface area contributed by atoms with Gasteiger partial charge in [0.05, 0.1) is 6.61 Å². The van der Waals surface area contributed by atoms with Gasteiger partial charge >= 0.3 is 0 Å². The van der Waals surface area contributed by atoms with Crippen molar-refractivity contribution in [1.29, 1.82) is 0 Å². The summed E-state index contributed by atoms with van der Waals surface area (Å²) >= 11 is 9.49. The molecular weight excluding hydrogens is 510 g/mol. The fraction of sp³-hybridized carbons (Fsp3) is 0.292. The summed E-state index contributed by atoms with van der Waals surface area (Å²) < 4.78 is 6.58. The molecule has 0 saturated heterocycles. The minimum absolute atomic E-state index is 0.0549. The first-order valence-electron chi connectivity index (χ1n) is 10.4. The lowest BCUT2D eigenvalue weighted by Gasteiger charge is -2.26. The number of rotatable bonds is 9. The Morgan fingerprint density at radius 1 is 1.18 bits per heavy atom. The summed E-state index contributed by atoms with van der Waals surface area (Å²) in [5.41, 5.74) is 1.65. The third-order valence-corrected chi connectivity index (χ3v) is 5.88. The monoisotopic (exact) mass is 533 g/mol. The normalized spacial score (nSPS) is 11.0. The van der Waals surface area contributed by atoms with Crippen LogP contribution in [-0.2, 0) is 13.0 Å². The lowest BCUT2D eigenvalue weighted by Crippen LogP contribution is -2.39. The molecule has 0 aliphatic carbocycles. The van der Waals surface area contributed by atoms with Gasteiger partial charge in [-0.2, -0.15) is 4.98 Å². The van der Waals surface area contributed by atoms with Crippen molar-refractivity contribution in [3.63, 3.8) is 0 Å². The summed E-state index contributed by atoms with van der Waals surface area (Å²) in [4.78, 5) is 23.5. The first kappa shape index (κ1) is 25.0. The fourth-order valence-electron chi connectivity index (χ4n) is 3.24. The lowest BCUT2D eigenvalue weighted by molar-refractivity contribution is 0.0652. The van der Waals surface area contributed by atoms with E-state index in [1.165, 1.54) is 4.90 Å². The van der Waals surface area contributed by atoms with Gasteiger partial charge in [0.2, 0.25) is 5.75 Å². The van der Waals surface area contributed by atoms with E-state index in [2.05, 4.69) is 25.9 Å². The number of aromatic nitrogens is 2. The van der Waals surface area contributed by atoms with Crippen molar-refractivity contribution in [1.82, 2.24) is 14.9 Å². The highest BCUT2D eigenvalue weighted by molar-refractivity contribution is 9.10. The van der Waals surface area contributed by atoms with Gasteiger partial charge in [0.25, 0.3) is 11.8 Å². The number of ether oxygens (including phenoxy) is 1. The molecule has 9 heteroatoms. The number of aliphatic hydroxyl groups excluding tert-OH is 1. The minimum atomic E-state index is -0.462. The van der Waals surface area contributed by atoms with Gasteiger partial charge in [-0.15, -0.1) is 0 Å². The molecule has 33 heavy (non-hydrogen) atoms. The van der Waals surface area contributed by atoms with E-state index in [1.54, 1.807) is 12.1 Å². The Morgan fingerprint density at radius 3 is 2.55 bits per heavy atom. The summed E-state index contributed by atoms with van der Waals surface area (Å²) in [6.45, 7) is 3.72. The van der Waals surface area contributed by atoms with Crippen molar-refractivity contribution in [3.8, 4) is 11.6 Å². The summed E-state index contributed by atoms with van der Waals surface area (Å²) in [6, 6.07) is 14.5. The van der Waals surface area contributed by atoms with Crippen molar-refractivity contribution in [2.45, 2.75) is 32.9 Å². The summed E-state index contributed by atoms with van der Waals surface area (Å²) in [7, 11) is 0. The third-order valence-electron chi connectivity index (χ3n) is 4.91. The van der Waals surface area contributed by atoms with Crippen molar-refractivity contribution in [3.05, 3.63) is 80.7 Å².